The predicted molar refractivity (Wildman–Crippen MR) is 58.2 cm³/mol. The van der Waals surface area contributed by atoms with Crippen LogP contribution in [-0.2, 0) is 9.53 Å². The Hall–Kier alpha value is -0.570. The van der Waals surface area contributed by atoms with Crippen LogP contribution in [0.1, 0.15) is 39.0 Å². The maximum atomic E-state index is 11.7. The maximum Gasteiger partial charge on any atom is 0.310 e. The van der Waals surface area contributed by atoms with Gasteiger partial charge in [0.1, 0.15) is 0 Å². The molecule has 0 aromatic rings. The van der Waals surface area contributed by atoms with Crippen LogP contribution in [0, 0.1) is 17.8 Å². The van der Waals surface area contributed by atoms with E-state index in [1.54, 1.807) is 0 Å². The topological polar surface area (TPSA) is 52.3 Å². The number of rotatable bonds is 2. The number of ether oxygens (including phenoxy) is 1. The zero-order chi connectivity index (χ0) is 10.8. The second-order valence-electron chi connectivity index (χ2n) is 4.88. The first-order valence-electron chi connectivity index (χ1n) is 6.16. The van der Waals surface area contributed by atoms with Crippen LogP contribution >= 0.6 is 0 Å². The number of fused-ring (bicyclic) bond motifs is 1. The van der Waals surface area contributed by atoms with E-state index in [1.165, 1.54) is 25.7 Å². The lowest BCUT2D eigenvalue weighted by atomic mass is 9.80. The average molecular weight is 211 g/mol. The number of esters is 1. The van der Waals surface area contributed by atoms with Crippen molar-refractivity contribution < 1.29 is 9.53 Å². The molecule has 86 valence electrons. The minimum Gasteiger partial charge on any atom is -0.466 e. The largest absolute Gasteiger partial charge is 0.466 e. The summed E-state index contributed by atoms with van der Waals surface area (Å²) < 4.78 is 5.08. The van der Waals surface area contributed by atoms with Gasteiger partial charge in [0.15, 0.2) is 0 Å². The molecule has 2 saturated carbocycles. The Morgan fingerprint density at radius 3 is 2.80 bits per heavy atom. The summed E-state index contributed by atoms with van der Waals surface area (Å²) in [6.45, 7) is 2.32. The molecule has 4 atom stereocenters. The summed E-state index contributed by atoms with van der Waals surface area (Å²) in [6.07, 6.45) is 6.02. The van der Waals surface area contributed by atoms with Crippen molar-refractivity contribution >= 4 is 5.97 Å². The number of hydrogen-bond donors (Lipinski definition) is 1. The van der Waals surface area contributed by atoms with Crippen LogP contribution in [-0.4, -0.2) is 18.6 Å². The van der Waals surface area contributed by atoms with E-state index in [0.29, 0.717) is 18.4 Å². The molecule has 0 aromatic carbocycles. The van der Waals surface area contributed by atoms with Gasteiger partial charge in [-0.1, -0.05) is 19.3 Å². The summed E-state index contributed by atoms with van der Waals surface area (Å²) in [5.74, 6) is 1.16. The molecule has 0 radical (unpaired) electrons. The van der Waals surface area contributed by atoms with Gasteiger partial charge in [0.2, 0.25) is 0 Å². The molecule has 2 fully saturated rings. The molecule has 2 rings (SSSR count). The molecule has 2 N–H and O–H groups in total. The molecule has 0 amide bonds. The van der Waals surface area contributed by atoms with Gasteiger partial charge in [0, 0.05) is 6.04 Å². The van der Waals surface area contributed by atoms with Crippen molar-refractivity contribution in [3.05, 3.63) is 0 Å². The van der Waals surface area contributed by atoms with Crippen LogP contribution in [0.3, 0.4) is 0 Å². The summed E-state index contributed by atoms with van der Waals surface area (Å²) in [6, 6.07) is 0.0503. The molecule has 0 saturated heterocycles. The van der Waals surface area contributed by atoms with Crippen molar-refractivity contribution in [1.29, 1.82) is 0 Å². The summed E-state index contributed by atoms with van der Waals surface area (Å²) in [4.78, 5) is 11.7. The number of carbonyl (C=O) groups excluding carboxylic acids is 1. The highest BCUT2D eigenvalue weighted by Gasteiger charge is 2.45. The van der Waals surface area contributed by atoms with E-state index in [1.807, 2.05) is 6.92 Å². The second kappa shape index (κ2) is 4.52. The van der Waals surface area contributed by atoms with Crippen LogP contribution in [0.15, 0.2) is 0 Å². The van der Waals surface area contributed by atoms with Gasteiger partial charge in [-0.15, -0.1) is 0 Å². The summed E-state index contributed by atoms with van der Waals surface area (Å²) in [5, 5.41) is 0. The molecular weight excluding hydrogens is 190 g/mol. The molecule has 2 aliphatic rings. The fourth-order valence-corrected chi connectivity index (χ4v) is 3.32. The third kappa shape index (κ3) is 2.03. The van der Waals surface area contributed by atoms with Gasteiger partial charge >= 0.3 is 5.97 Å². The average Bonchev–Trinajstić information content (AvgIpc) is 2.57. The Balaban J connectivity index is 2.00. The molecule has 0 aromatic heterocycles. The fraction of sp³-hybridized carbons (Fsp3) is 0.917. The molecule has 4 unspecified atom stereocenters. The van der Waals surface area contributed by atoms with E-state index >= 15 is 0 Å². The molecule has 0 bridgehead atoms. The van der Waals surface area contributed by atoms with Gasteiger partial charge < -0.3 is 10.5 Å². The SMILES string of the molecule is CCOC(=O)C1CC2CCCCC2C1N. The van der Waals surface area contributed by atoms with Crippen molar-refractivity contribution in [1.82, 2.24) is 0 Å². The van der Waals surface area contributed by atoms with Crippen LogP contribution in [0.4, 0.5) is 0 Å². The van der Waals surface area contributed by atoms with Gasteiger partial charge in [-0.05, 0) is 31.6 Å². The Morgan fingerprint density at radius 1 is 1.40 bits per heavy atom. The normalized spacial score (nSPS) is 39.9. The van der Waals surface area contributed by atoms with Crippen LogP contribution in [0.5, 0.6) is 0 Å². The van der Waals surface area contributed by atoms with Gasteiger partial charge in [-0.3, -0.25) is 4.79 Å². The van der Waals surface area contributed by atoms with E-state index in [9.17, 15) is 4.79 Å². The maximum absolute atomic E-state index is 11.7. The van der Waals surface area contributed by atoms with Crippen LogP contribution < -0.4 is 5.73 Å². The number of nitrogens with two attached hydrogens (primary N) is 1. The third-order valence-corrected chi connectivity index (χ3v) is 4.07. The van der Waals surface area contributed by atoms with E-state index in [-0.39, 0.29) is 17.9 Å². The van der Waals surface area contributed by atoms with Gasteiger partial charge in [0.25, 0.3) is 0 Å². The molecule has 3 heteroatoms. The fourth-order valence-electron chi connectivity index (χ4n) is 3.32. The quantitative estimate of drug-likeness (QED) is 0.707. The lowest BCUT2D eigenvalue weighted by Crippen LogP contribution is -2.37. The molecule has 15 heavy (non-hydrogen) atoms. The smallest absolute Gasteiger partial charge is 0.310 e. The minimum absolute atomic E-state index is 0.0296. The molecule has 0 heterocycles. The highest BCUT2D eigenvalue weighted by Crippen LogP contribution is 2.44. The lowest BCUT2D eigenvalue weighted by molar-refractivity contribution is -0.148. The van der Waals surface area contributed by atoms with Gasteiger partial charge in [-0.25, -0.2) is 0 Å². The van der Waals surface area contributed by atoms with Gasteiger partial charge in [0.05, 0.1) is 12.5 Å². The van der Waals surface area contributed by atoms with Crippen molar-refractivity contribution in [3.63, 3.8) is 0 Å². The van der Waals surface area contributed by atoms with E-state index < -0.39 is 0 Å². The Morgan fingerprint density at radius 2 is 2.13 bits per heavy atom. The molecule has 0 spiro atoms. The van der Waals surface area contributed by atoms with Crippen molar-refractivity contribution in [2.45, 2.75) is 45.1 Å². The van der Waals surface area contributed by atoms with E-state index in [2.05, 4.69) is 0 Å². The second-order valence-corrected chi connectivity index (χ2v) is 4.88. The minimum atomic E-state index is -0.0700. The first-order valence-corrected chi connectivity index (χ1v) is 6.16. The summed E-state index contributed by atoms with van der Waals surface area (Å²) >= 11 is 0. The van der Waals surface area contributed by atoms with Crippen molar-refractivity contribution in [2.24, 2.45) is 23.5 Å². The van der Waals surface area contributed by atoms with Crippen LogP contribution in [0.25, 0.3) is 0 Å². The first-order chi connectivity index (χ1) is 7.24. The Bertz CT molecular complexity index is 242. The molecular formula is C12H21NO2. The first kappa shape index (κ1) is 10.9. The van der Waals surface area contributed by atoms with E-state index in [0.717, 1.165) is 6.42 Å². The third-order valence-electron chi connectivity index (χ3n) is 4.07. The lowest BCUT2D eigenvalue weighted by Gasteiger charge is -2.27. The number of hydrogen-bond acceptors (Lipinski definition) is 3. The monoisotopic (exact) mass is 211 g/mol. The zero-order valence-corrected chi connectivity index (χ0v) is 9.45. The highest BCUT2D eigenvalue weighted by atomic mass is 16.5. The Labute approximate surface area is 91.4 Å². The predicted octanol–water partition coefficient (Wildman–Crippen LogP) is 1.70. The van der Waals surface area contributed by atoms with Crippen molar-refractivity contribution in [3.8, 4) is 0 Å². The Kier molecular flexibility index (Phi) is 3.29. The van der Waals surface area contributed by atoms with Crippen molar-refractivity contribution in [2.75, 3.05) is 6.61 Å². The molecule has 3 nitrogen and oxygen atoms in total. The molecule has 2 aliphatic carbocycles. The highest BCUT2D eigenvalue weighted by molar-refractivity contribution is 5.73. The standard InChI is InChI=1S/C12H21NO2/c1-2-15-12(14)10-7-8-5-3-4-6-9(8)11(10)13/h8-11H,2-7,13H2,1H3. The molecule has 0 aliphatic heterocycles. The van der Waals surface area contributed by atoms with Crippen LogP contribution in [0.2, 0.25) is 0 Å². The summed E-state index contributed by atoms with van der Waals surface area (Å²) in [5.41, 5.74) is 6.16. The number of carbonyl (C=O) groups is 1. The summed E-state index contributed by atoms with van der Waals surface area (Å²) in [7, 11) is 0. The van der Waals surface area contributed by atoms with Gasteiger partial charge in [-0.2, -0.15) is 0 Å². The zero-order valence-electron chi connectivity index (χ0n) is 9.45. The van der Waals surface area contributed by atoms with E-state index in [4.69, 9.17) is 10.5 Å².